The molecule has 0 aliphatic rings. The molecule has 0 aromatic heterocycles. The van der Waals surface area contributed by atoms with Crippen LogP contribution in [0.1, 0.15) is 0 Å². The van der Waals surface area contributed by atoms with E-state index < -0.39 is 0 Å². The van der Waals surface area contributed by atoms with Gasteiger partial charge in [-0.2, -0.15) is 0 Å². The zero-order valence-corrected chi connectivity index (χ0v) is 23.7. The van der Waals surface area contributed by atoms with Gasteiger partial charge < -0.3 is 173 Å². The average Bonchev–Trinajstić information content (AvgIpc) is 0. The monoisotopic (exact) mass is 1290 g/mol. The van der Waals surface area contributed by atoms with Gasteiger partial charge in [-0.3, -0.25) is 0 Å². The fraction of sp³-hybridized carbons (Fsp3) is 0. The molecule has 0 saturated carbocycles. The normalized spacial score (nSPS) is 0. The second kappa shape index (κ2) is 78.2. The van der Waals surface area contributed by atoms with E-state index in [9.17, 15) is 0 Å². The average molecular weight is 1290 g/mol. The van der Waals surface area contributed by atoms with Gasteiger partial charge in [0.2, 0.25) is 0 Å². The number of halogens is 7. The molecule has 10 heavy (non-hydrogen) atoms. The third-order valence-corrected chi connectivity index (χ3v) is 0. The summed E-state index contributed by atoms with van der Waals surface area (Å²) in [5.41, 5.74) is 0. The van der Waals surface area contributed by atoms with Crippen molar-refractivity contribution in [3.63, 3.8) is 0 Å². The Morgan fingerprint density at radius 2 is 0.400 bits per heavy atom. The van der Waals surface area contributed by atoms with Gasteiger partial charge in [0, 0.05) is 20.1 Å². The van der Waals surface area contributed by atoms with Crippen molar-refractivity contribution >= 4 is 0 Å². The largest absolute Gasteiger partial charge is 3.00 e. The quantitative estimate of drug-likeness (QED) is 0.217. The first-order valence-corrected chi connectivity index (χ1v) is 0. The number of rotatable bonds is 0. The van der Waals surface area contributed by atoms with Crippen molar-refractivity contribution in [3.05, 3.63) is 0 Å². The van der Waals surface area contributed by atoms with Gasteiger partial charge in [-0.05, 0) is 0 Å². The Hall–Kier alpha value is 6.37. The van der Waals surface area contributed by atoms with Crippen LogP contribution in [0.15, 0.2) is 0 Å². The van der Waals surface area contributed by atoms with Crippen LogP contribution in [0, 0.1) is 0 Å². The summed E-state index contributed by atoms with van der Waals surface area (Å²) in [5, 5.41) is 0. The molecule has 0 atom stereocenters. The van der Waals surface area contributed by atoms with E-state index in [1.807, 2.05) is 0 Å². The molecular weight excluding hydrogens is 1290 g/mol. The van der Waals surface area contributed by atoms with E-state index >= 15 is 0 Å². The van der Waals surface area contributed by atoms with E-state index in [-0.39, 0.29) is 214 Å². The topological polar surface area (TPSA) is 31.5 Å². The summed E-state index contributed by atoms with van der Waals surface area (Å²) in [6.07, 6.45) is 0. The molecular formula is H2I7Ir2O-4. The molecule has 79 valence electrons. The van der Waals surface area contributed by atoms with Crippen molar-refractivity contribution in [2.45, 2.75) is 0 Å². The molecule has 0 heterocycles. The smallest absolute Gasteiger partial charge is 1.00 e. The third-order valence-electron chi connectivity index (χ3n) is 0. The van der Waals surface area contributed by atoms with Crippen LogP contribution in [-0.2, 0) is 40.2 Å². The second-order valence-corrected chi connectivity index (χ2v) is 0. The minimum atomic E-state index is 0. The molecule has 0 amide bonds. The Morgan fingerprint density at radius 1 is 0.400 bits per heavy atom. The summed E-state index contributed by atoms with van der Waals surface area (Å²) in [6, 6.07) is 0. The second-order valence-electron chi connectivity index (χ2n) is 0. The Bertz CT molecular complexity index is 11.6. The SMILES string of the molecule is O.[I-].[I-].[I-].[I-].[I-].[I-].[I-].[Ir+3].[Ir]. The van der Waals surface area contributed by atoms with Gasteiger partial charge in [-0.1, -0.05) is 0 Å². The zero-order chi connectivity index (χ0) is 0. The molecule has 0 aliphatic heterocycles. The Balaban J connectivity index is 0. The van der Waals surface area contributed by atoms with Crippen molar-refractivity contribution in [1.29, 1.82) is 0 Å². The summed E-state index contributed by atoms with van der Waals surface area (Å²) < 4.78 is 0. The number of hydrogen-bond donors (Lipinski definition) is 0. The Kier molecular flexibility index (Phi) is 746. The molecule has 0 bridgehead atoms. The molecule has 10 heteroatoms. The van der Waals surface area contributed by atoms with Crippen molar-refractivity contribution < 1.29 is 214 Å². The van der Waals surface area contributed by atoms with E-state index in [2.05, 4.69) is 0 Å². The van der Waals surface area contributed by atoms with E-state index in [4.69, 9.17) is 0 Å². The summed E-state index contributed by atoms with van der Waals surface area (Å²) in [5.74, 6) is 0. The van der Waals surface area contributed by atoms with Gasteiger partial charge in [0.25, 0.3) is 0 Å². The summed E-state index contributed by atoms with van der Waals surface area (Å²) in [7, 11) is 0. The van der Waals surface area contributed by atoms with Crippen LogP contribution < -0.4 is 168 Å². The minimum absolute atomic E-state index is 0. The van der Waals surface area contributed by atoms with E-state index in [0.29, 0.717) is 0 Å². The Morgan fingerprint density at radius 3 is 0.400 bits per heavy atom. The number of hydrogen-bond acceptors (Lipinski definition) is 0. The molecule has 0 saturated heterocycles. The van der Waals surface area contributed by atoms with E-state index in [1.165, 1.54) is 0 Å². The molecule has 0 aliphatic carbocycles. The summed E-state index contributed by atoms with van der Waals surface area (Å²) in [6.45, 7) is 0. The molecule has 0 unspecified atom stereocenters. The maximum atomic E-state index is 0. The van der Waals surface area contributed by atoms with Gasteiger partial charge >= 0.3 is 20.1 Å². The molecule has 0 fully saturated rings. The van der Waals surface area contributed by atoms with Crippen LogP contribution >= 0.6 is 0 Å². The third kappa shape index (κ3) is 63.3. The van der Waals surface area contributed by atoms with Crippen molar-refractivity contribution in [3.8, 4) is 0 Å². The fourth-order valence-corrected chi connectivity index (χ4v) is 0. The van der Waals surface area contributed by atoms with Crippen LogP contribution in [-0.4, -0.2) is 5.48 Å². The predicted octanol–water partition coefficient (Wildman–Crippen LogP) is -21.8. The van der Waals surface area contributed by atoms with Crippen molar-refractivity contribution in [2.24, 2.45) is 0 Å². The summed E-state index contributed by atoms with van der Waals surface area (Å²) >= 11 is 0. The van der Waals surface area contributed by atoms with Gasteiger partial charge in [0.1, 0.15) is 0 Å². The first-order valence-electron chi connectivity index (χ1n) is 0. The van der Waals surface area contributed by atoms with Crippen LogP contribution in [0.3, 0.4) is 0 Å². The fourth-order valence-electron chi connectivity index (χ4n) is 0. The molecule has 1 radical (unpaired) electrons. The van der Waals surface area contributed by atoms with E-state index in [1.54, 1.807) is 0 Å². The van der Waals surface area contributed by atoms with Gasteiger partial charge in [-0.15, -0.1) is 0 Å². The standard InChI is InChI=1S/7HI.2Ir.H2O/h7*1H;;;1H2/q;;;;;;;;+3;/p-7. The van der Waals surface area contributed by atoms with Gasteiger partial charge in [-0.25, -0.2) is 0 Å². The van der Waals surface area contributed by atoms with Crippen molar-refractivity contribution in [2.75, 3.05) is 0 Å². The zero-order valence-electron chi connectivity index (χ0n) is 3.81. The van der Waals surface area contributed by atoms with Crippen LogP contribution in [0.2, 0.25) is 0 Å². The first kappa shape index (κ1) is 95.3. The molecule has 0 aromatic rings. The molecule has 0 rings (SSSR count). The van der Waals surface area contributed by atoms with Crippen LogP contribution in [0.5, 0.6) is 0 Å². The van der Waals surface area contributed by atoms with Crippen LogP contribution in [0.4, 0.5) is 0 Å². The molecule has 0 spiro atoms. The maximum absolute atomic E-state index is 0. The first-order chi connectivity index (χ1) is 0. The summed E-state index contributed by atoms with van der Waals surface area (Å²) in [4.78, 5) is 0. The molecule has 2 N–H and O–H groups in total. The molecule has 1 nitrogen and oxygen atoms in total. The van der Waals surface area contributed by atoms with Gasteiger partial charge in [0.05, 0.1) is 0 Å². The van der Waals surface area contributed by atoms with Crippen molar-refractivity contribution in [1.82, 2.24) is 0 Å². The van der Waals surface area contributed by atoms with Gasteiger partial charge in [0.15, 0.2) is 0 Å². The van der Waals surface area contributed by atoms with E-state index in [0.717, 1.165) is 0 Å². The Labute approximate surface area is 208 Å². The van der Waals surface area contributed by atoms with Crippen LogP contribution in [0.25, 0.3) is 0 Å². The molecule has 0 aromatic carbocycles. The maximum Gasteiger partial charge on any atom is 3.00 e. The predicted molar refractivity (Wildman–Crippen MR) is 3.61 cm³/mol. The minimum Gasteiger partial charge on any atom is -1.00 e.